The molecule has 4 nitrogen and oxygen atoms in total. The van der Waals surface area contributed by atoms with Crippen molar-refractivity contribution in [1.29, 1.82) is 0 Å². The van der Waals surface area contributed by atoms with Gasteiger partial charge >= 0.3 is 0 Å². The average molecular weight is 324 g/mol. The fraction of sp³-hybridized carbons (Fsp3) is 1.00. The first-order valence-electron chi connectivity index (χ1n) is 3.81. The summed E-state index contributed by atoms with van der Waals surface area (Å²) >= 11 is 6.06. The van der Waals surface area contributed by atoms with Crippen LogP contribution >= 0.6 is 31.9 Å². The van der Waals surface area contributed by atoms with E-state index in [9.17, 15) is 0 Å². The van der Waals surface area contributed by atoms with Gasteiger partial charge in [0.2, 0.25) is 0 Å². The Morgan fingerprint density at radius 3 is 1.54 bits per heavy atom. The van der Waals surface area contributed by atoms with Crippen LogP contribution in [-0.4, -0.2) is 54.9 Å². The summed E-state index contributed by atoms with van der Waals surface area (Å²) in [5.74, 6) is 0. The molecule has 0 radical (unpaired) electrons. The van der Waals surface area contributed by atoms with Crippen LogP contribution in [0.1, 0.15) is 0 Å². The lowest BCUT2D eigenvalue weighted by Crippen LogP contribution is -2.25. The third-order valence-corrected chi connectivity index (χ3v) is 1.53. The number of aliphatic hydroxyl groups excluding tert-OH is 2. The van der Waals surface area contributed by atoms with E-state index in [2.05, 4.69) is 42.5 Å². The van der Waals surface area contributed by atoms with Crippen LogP contribution in [0, 0.1) is 0 Å². The summed E-state index contributed by atoms with van der Waals surface area (Å²) in [6.07, 6.45) is -0.398. The highest BCUT2D eigenvalue weighted by molar-refractivity contribution is 9.09. The van der Waals surface area contributed by atoms with Crippen LogP contribution in [0.2, 0.25) is 0 Å². The second-order valence-corrected chi connectivity index (χ2v) is 3.31. The third-order valence-electron chi connectivity index (χ3n) is 0.564. The predicted molar refractivity (Wildman–Crippen MR) is 64.7 cm³/mol. The average Bonchev–Trinajstić information content (AvgIpc) is 2.18. The molecule has 0 fully saturated rings. The van der Waals surface area contributed by atoms with Gasteiger partial charge in [0.15, 0.2) is 0 Å². The van der Waals surface area contributed by atoms with E-state index in [1.165, 1.54) is 0 Å². The molecule has 6 heteroatoms. The van der Waals surface area contributed by atoms with Gasteiger partial charge in [0.05, 0.1) is 6.61 Å². The lowest BCUT2D eigenvalue weighted by molar-refractivity contribution is 0.173. The van der Waals surface area contributed by atoms with Crippen LogP contribution in [0.25, 0.3) is 0 Å². The van der Waals surface area contributed by atoms with Crippen LogP contribution in [0.3, 0.4) is 0 Å². The number of halogens is 2. The molecule has 84 valence electrons. The summed E-state index contributed by atoms with van der Waals surface area (Å²) in [6.45, 7) is 0.236. The summed E-state index contributed by atoms with van der Waals surface area (Å²) in [5, 5.41) is 23.0. The topological polar surface area (TPSA) is 64.5 Å². The van der Waals surface area contributed by atoms with Crippen molar-refractivity contribution in [2.24, 2.45) is 0 Å². The van der Waals surface area contributed by atoms with Crippen LogP contribution in [0.4, 0.5) is 0 Å². The van der Waals surface area contributed by atoms with Crippen molar-refractivity contribution in [3.8, 4) is 0 Å². The van der Waals surface area contributed by atoms with Gasteiger partial charge in [-0.15, -0.1) is 0 Å². The summed E-state index contributed by atoms with van der Waals surface area (Å²) in [6, 6.07) is 0. The second kappa shape index (κ2) is 23.0. The largest absolute Gasteiger partial charge is 0.396 e. The highest BCUT2D eigenvalue weighted by Crippen LogP contribution is 1.81. The van der Waals surface area contributed by atoms with Gasteiger partial charge in [0.25, 0.3) is 0 Å². The fourth-order valence-corrected chi connectivity index (χ4v) is 0.401. The van der Waals surface area contributed by atoms with E-state index < -0.39 is 6.23 Å². The summed E-state index contributed by atoms with van der Waals surface area (Å²) in [4.78, 5) is 0. The smallest absolute Gasteiger partial charge is 0.114 e. The molecule has 0 aliphatic heterocycles. The van der Waals surface area contributed by atoms with Crippen molar-refractivity contribution in [3.63, 3.8) is 0 Å². The van der Waals surface area contributed by atoms with Crippen molar-refractivity contribution >= 4 is 31.9 Å². The summed E-state index contributed by atoms with van der Waals surface area (Å²) in [5.41, 5.74) is 0. The number of nitrogens with one attached hydrogen (secondary N) is 2. The Morgan fingerprint density at radius 2 is 1.54 bits per heavy atom. The third kappa shape index (κ3) is 44.4. The van der Waals surface area contributed by atoms with Gasteiger partial charge < -0.3 is 15.5 Å². The molecule has 0 aromatic carbocycles. The SMILES string of the molecule is CNC.CNC(O)CBr.OCCBr. The Hall–Kier alpha value is 0.800. The van der Waals surface area contributed by atoms with Crippen molar-refractivity contribution in [2.45, 2.75) is 6.23 Å². The number of aliphatic hydroxyl groups is 2. The van der Waals surface area contributed by atoms with Crippen LogP contribution in [0.15, 0.2) is 0 Å². The zero-order valence-corrected chi connectivity index (χ0v) is 11.5. The van der Waals surface area contributed by atoms with Crippen LogP contribution in [-0.2, 0) is 0 Å². The van der Waals surface area contributed by atoms with Crippen molar-refractivity contribution in [1.82, 2.24) is 10.6 Å². The normalized spacial score (nSPS) is 10.4. The fourth-order valence-electron chi connectivity index (χ4n) is 0.0772. The molecule has 4 N–H and O–H groups in total. The number of rotatable bonds is 3. The molecule has 0 saturated heterocycles. The molecule has 0 bridgehead atoms. The molecule has 0 aromatic heterocycles. The van der Waals surface area contributed by atoms with Gasteiger partial charge in [-0.2, -0.15) is 0 Å². The molecule has 13 heavy (non-hydrogen) atoms. The monoisotopic (exact) mass is 322 g/mol. The summed E-state index contributed by atoms with van der Waals surface area (Å²) in [7, 11) is 5.45. The zero-order valence-electron chi connectivity index (χ0n) is 8.35. The lowest BCUT2D eigenvalue weighted by atomic mass is 10.7. The molecule has 1 unspecified atom stereocenters. The molecule has 0 amide bonds. The predicted octanol–water partition coefficient (Wildman–Crippen LogP) is 0.128. The minimum Gasteiger partial charge on any atom is -0.396 e. The Kier molecular flexibility index (Phi) is 34.3. The maximum absolute atomic E-state index is 8.51. The number of hydrogen-bond acceptors (Lipinski definition) is 4. The summed E-state index contributed by atoms with van der Waals surface area (Å²) < 4.78 is 0. The van der Waals surface area contributed by atoms with E-state index in [1.807, 2.05) is 14.1 Å². The molecular weight excluding hydrogens is 304 g/mol. The van der Waals surface area contributed by atoms with E-state index in [1.54, 1.807) is 7.05 Å². The van der Waals surface area contributed by atoms with E-state index in [4.69, 9.17) is 10.2 Å². The number of alkyl halides is 2. The minimum absolute atomic E-state index is 0.236. The second-order valence-electron chi connectivity index (χ2n) is 1.87. The molecule has 0 rings (SSSR count). The first kappa shape index (κ1) is 19.4. The van der Waals surface area contributed by atoms with Gasteiger partial charge in [-0.05, 0) is 21.1 Å². The Bertz CT molecular complexity index is 64.5. The maximum Gasteiger partial charge on any atom is 0.114 e. The van der Waals surface area contributed by atoms with Gasteiger partial charge in [-0.1, -0.05) is 31.9 Å². The Balaban J connectivity index is -0.000000125. The zero-order chi connectivity index (χ0) is 11.1. The molecule has 0 spiro atoms. The number of hydrogen-bond donors (Lipinski definition) is 4. The van der Waals surface area contributed by atoms with Crippen LogP contribution in [0.5, 0.6) is 0 Å². The maximum atomic E-state index is 8.51. The molecule has 0 aromatic rings. The van der Waals surface area contributed by atoms with E-state index in [-0.39, 0.29) is 6.61 Å². The van der Waals surface area contributed by atoms with Gasteiger partial charge in [-0.3, -0.25) is 5.32 Å². The standard InChI is InChI=1S/C3H8BrNO.C2H5BrO.C2H7N/c1-5-3(6)2-4;3-1-2-4;1-3-2/h3,5-6H,2H2,1H3;4H,1-2H2;3H,1-2H3. The molecule has 0 heterocycles. The minimum atomic E-state index is -0.398. The van der Waals surface area contributed by atoms with Crippen molar-refractivity contribution in [3.05, 3.63) is 0 Å². The first-order chi connectivity index (χ1) is 6.14. The quantitative estimate of drug-likeness (QED) is 0.440. The first-order valence-corrected chi connectivity index (χ1v) is 6.05. The lowest BCUT2D eigenvalue weighted by Gasteiger charge is -2.00. The Labute approximate surface area is 97.4 Å². The van der Waals surface area contributed by atoms with Crippen molar-refractivity contribution < 1.29 is 10.2 Å². The van der Waals surface area contributed by atoms with E-state index in [0.29, 0.717) is 10.7 Å². The molecule has 0 saturated carbocycles. The van der Waals surface area contributed by atoms with Crippen molar-refractivity contribution in [2.75, 3.05) is 38.4 Å². The molecule has 0 aliphatic carbocycles. The molecule has 0 aliphatic rings. The van der Waals surface area contributed by atoms with Gasteiger partial charge in [0, 0.05) is 10.7 Å². The Morgan fingerprint density at radius 1 is 1.23 bits per heavy atom. The van der Waals surface area contributed by atoms with Crippen LogP contribution < -0.4 is 10.6 Å². The van der Waals surface area contributed by atoms with Gasteiger partial charge in [-0.25, -0.2) is 0 Å². The highest BCUT2D eigenvalue weighted by atomic mass is 79.9. The van der Waals surface area contributed by atoms with E-state index >= 15 is 0 Å². The molecule has 1 atom stereocenters. The van der Waals surface area contributed by atoms with E-state index in [0.717, 1.165) is 0 Å². The highest BCUT2D eigenvalue weighted by Gasteiger charge is 1.90. The van der Waals surface area contributed by atoms with Gasteiger partial charge in [0.1, 0.15) is 6.23 Å². The molecular formula is C7H20Br2N2O2.